The van der Waals surface area contributed by atoms with E-state index in [4.69, 9.17) is 4.74 Å². The summed E-state index contributed by atoms with van der Waals surface area (Å²) in [4.78, 5) is 5.97. The molecule has 1 aliphatic heterocycles. The molecular formula is C6H12N2O. The lowest BCUT2D eigenvalue weighted by Crippen LogP contribution is -2.35. The molecule has 0 saturated carbocycles. The molecule has 0 amide bonds. The maximum Gasteiger partial charge on any atom is 0.286 e. The second kappa shape index (κ2) is 2.71. The van der Waals surface area contributed by atoms with Crippen LogP contribution in [0.25, 0.3) is 0 Å². The Balaban J connectivity index is 2.49. The fourth-order valence-electron chi connectivity index (χ4n) is 0.906. The largest absolute Gasteiger partial charge is 0.465 e. The van der Waals surface area contributed by atoms with E-state index < -0.39 is 0 Å². The fourth-order valence-corrected chi connectivity index (χ4v) is 0.906. The quantitative estimate of drug-likeness (QED) is 0.469. The van der Waals surface area contributed by atoms with Crippen LogP contribution in [0.3, 0.4) is 0 Å². The topological polar surface area (TPSA) is 24.8 Å². The van der Waals surface area contributed by atoms with E-state index in [9.17, 15) is 0 Å². The number of rotatable bonds is 0. The summed E-state index contributed by atoms with van der Waals surface area (Å²) in [5, 5.41) is 0. The average Bonchev–Trinajstić information content (AvgIpc) is 1.89. The third-order valence-corrected chi connectivity index (χ3v) is 1.39. The van der Waals surface area contributed by atoms with Gasteiger partial charge in [0.2, 0.25) is 0 Å². The van der Waals surface area contributed by atoms with Gasteiger partial charge in [-0.3, -0.25) is 0 Å². The van der Waals surface area contributed by atoms with Gasteiger partial charge in [0.05, 0.1) is 6.61 Å². The fraction of sp³-hybridized carbons (Fsp3) is 0.833. The van der Waals surface area contributed by atoms with Gasteiger partial charge in [-0.1, -0.05) is 0 Å². The van der Waals surface area contributed by atoms with Crippen LogP contribution in [0.5, 0.6) is 0 Å². The van der Waals surface area contributed by atoms with Gasteiger partial charge in [-0.05, 0) is 6.42 Å². The first kappa shape index (κ1) is 6.39. The van der Waals surface area contributed by atoms with Crippen molar-refractivity contribution in [1.82, 2.24) is 4.90 Å². The zero-order valence-corrected chi connectivity index (χ0v) is 5.92. The highest BCUT2D eigenvalue weighted by atomic mass is 16.5. The van der Waals surface area contributed by atoms with Gasteiger partial charge in [0.25, 0.3) is 6.02 Å². The summed E-state index contributed by atoms with van der Waals surface area (Å²) < 4.78 is 5.22. The second-order valence-electron chi connectivity index (χ2n) is 2.13. The standard InChI is InChI=1S/C6H12N2O/c1-7-6-8(2)4-3-5-9-6/h3-5H2,1-2H3/b7-6+. The molecule has 0 radical (unpaired) electrons. The lowest BCUT2D eigenvalue weighted by atomic mass is 10.4. The van der Waals surface area contributed by atoms with Gasteiger partial charge >= 0.3 is 0 Å². The molecule has 52 valence electrons. The second-order valence-corrected chi connectivity index (χ2v) is 2.13. The molecule has 1 rings (SSSR count). The van der Waals surface area contributed by atoms with Gasteiger partial charge in [-0.15, -0.1) is 0 Å². The van der Waals surface area contributed by atoms with Crippen molar-refractivity contribution in [3.63, 3.8) is 0 Å². The van der Waals surface area contributed by atoms with Crippen molar-refractivity contribution in [2.45, 2.75) is 6.42 Å². The Morgan fingerprint density at radius 3 is 2.89 bits per heavy atom. The Labute approximate surface area is 55.3 Å². The van der Waals surface area contributed by atoms with E-state index in [1.807, 2.05) is 11.9 Å². The monoisotopic (exact) mass is 128 g/mol. The zero-order valence-electron chi connectivity index (χ0n) is 5.92. The van der Waals surface area contributed by atoms with E-state index in [2.05, 4.69) is 4.99 Å². The molecule has 3 heteroatoms. The predicted octanol–water partition coefficient (Wildman–Crippen LogP) is 0.324. The number of aliphatic imine (C=N–C) groups is 1. The van der Waals surface area contributed by atoms with E-state index in [0.29, 0.717) is 0 Å². The lowest BCUT2D eigenvalue weighted by molar-refractivity contribution is 0.191. The Bertz CT molecular complexity index is 122. The molecule has 0 atom stereocenters. The van der Waals surface area contributed by atoms with Crippen LogP contribution in [-0.2, 0) is 4.74 Å². The van der Waals surface area contributed by atoms with Crippen molar-refractivity contribution in [3.8, 4) is 0 Å². The smallest absolute Gasteiger partial charge is 0.286 e. The SMILES string of the molecule is C/N=C1/OCCCN1C. The van der Waals surface area contributed by atoms with Crippen molar-refractivity contribution in [2.24, 2.45) is 4.99 Å². The van der Waals surface area contributed by atoms with Crippen molar-refractivity contribution in [1.29, 1.82) is 0 Å². The van der Waals surface area contributed by atoms with Crippen molar-refractivity contribution >= 4 is 6.02 Å². The van der Waals surface area contributed by atoms with Crippen LogP contribution in [-0.4, -0.2) is 38.2 Å². The van der Waals surface area contributed by atoms with Crippen LogP contribution in [0, 0.1) is 0 Å². The molecule has 0 N–H and O–H groups in total. The predicted molar refractivity (Wildman–Crippen MR) is 36.6 cm³/mol. The van der Waals surface area contributed by atoms with Crippen LogP contribution in [0.2, 0.25) is 0 Å². The third kappa shape index (κ3) is 1.34. The lowest BCUT2D eigenvalue weighted by Gasteiger charge is -2.25. The Hall–Kier alpha value is -0.730. The molecule has 1 fully saturated rings. The first-order valence-electron chi connectivity index (χ1n) is 3.15. The van der Waals surface area contributed by atoms with Crippen LogP contribution < -0.4 is 0 Å². The molecular weight excluding hydrogens is 116 g/mol. The highest BCUT2D eigenvalue weighted by molar-refractivity contribution is 5.73. The normalized spacial score (nSPS) is 24.2. The summed E-state index contributed by atoms with van der Waals surface area (Å²) in [5.74, 6) is 0. The molecule has 0 spiro atoms. The first-order valence-corrected chi connectivity index (χ1v) is 3.15. The molecule has 0 aromatic rings. The molecule has 9 heavy (non-hydrogen) atoms. The molecule has 1 saturated heterocycles. The summed E-state index contributed by atoms with van der Waals surface area (Å²) in [5.41, 5.74) is 0. The van der Waals surface area contributed by atoms with Gasteiger partial charge in [-0.2, -0.15) is 0 Å². The van der Waals surface area contributed by atoms with Gasteiger partial charge in [0.15, 0.2) is 0 Å². The minimum absolute atomic E-state index is 0.765. The minimum atomic E-state index is 0.765. The van der Waals surface area contributed by atoms with Crippen molar-refractivity contribution in [2.75, 3.05) is 27.2 Å². The van der Waals surface area contributed by atoms with Gasteiger partial charge in [-0.25, -0.2) is 4.99 Å². The molecule has 0 bridgehead atoms. The molecule has 0 aromatic carbocycles. The van der Waals surface area contributed by atoms with Crippen LogP contribution in [0.4, 0.5) is 0 Å². The maximum atomic E-state index is 5.22. The molecule has 0 aliphatic carbocycles. The summed E-state index contributed by atoms with van der Waals surface area (Å²) in [7, 11) is 3.73. The summed E-state index contributed by atoms with van der Waals surface area (Å²) in [6.07, 6.45) is 1.11. The van der Waals surface area contributed by atoms with E-state index >= 15 is 0 Å². The number of hydrogen-bond donors (Lipinski definition) is 0. The number of hydrogen-bond acceptors (Lipinski definition) is 2. The minimum Gasteiger partial charge on any atom is -0.465 e. The Morgan fingerprint density at radius 1 is 1.67 bits per heavy atom. The summed E-state index contributed by atoms with van der Waals surface area (Å²) >= 11 is 0. The highest BCUT2D eigenvalue weighted by Crippen LogP contribution is 2.00. The third-order valence-electron chi connectivity index (χ3n) is 1.39. The number of ether oxygens (including phenoxy) is 1. The van der Waals surface area contributed by atoms with Gasteiger partial charge in [0.1, 0.15) is 0 Å². The van der Waals surface area contributed by atoms with E-state index in [-0.39, 0.29) is 0 Å². The maximum absolute atomic E-state index is 5.22. The van der Waals surface area contributed by atoms with Crippen molar-refractivity contribution < 1.29 is 4.74 Å². The molecule has 0 unspecified atom stereocenters. The zero-order chi connectivity index (χ0) is 6.69. The summed E-state index contributed by atoms with van der Waals surface area (Å²) in [6.45, 7) is 1.88. The summed E-state index contributed by atoms with van der Waals surface area (Å²) in [6, 6.07) is 0.765. The van der Waals surface area contributed by atoms with Gasteiger partial charge in [0, 0.05) is 20.6 Å². The van der Waals surface area contributed by atoms with E-state index in [1.165, 1.54) is 0 Å². The Kier molecular flexibility index (Phi) is 1.92. The average molecular weight is 128 g/mol. The van der Waals surface area contributed by atoms with E-state index in [0.717, 1.165) is 25.6 Å². The molecule has 0 aromatic heterocycles. The van der Waals surface area contributed by atoms with Crippen molar-refractivity contribution in [3.05, 3.63) is 0 Å². The van der Waals surface area contributed by atoms with Crippen LogP contribution >= 0.6 is 0 Å². The van der Waals surface area contributed by atoms with Crippen LogP contribution in [0.1, 0.15) is 6.42 Å². The Morgan fingerprint density at radius 2 is 2.44 bits per heavy atom. The highest BCUT2D eigenvalue weighted by Gasteiger charge is 2.11. The number of nitrogens with zero attached hydrogens (tertiary/aromatic N) is 2. The molecule has 1 aliphatic rings. The van der Waals surface area contributed by atoms with Crippen LogP contribution in [0.15, 0.2) is 4.99 Å². The first-order chi connectivity index (χ1) is 4.34. The van der Waals surface area contributed by atoms with Gasteiger partial charge < -0.3 is 9.64 Å². The molecule has 3 nitrogen and oxygen atoms in total. The molecule has 1 heterocycles. The number of amidine groups is 1. The van der Waals surface area contributed by atoms with E-state index in [1.54, 1.807) is 7.05 Å².